The van der Waals surface area contributed by atoms with Gasteiger partial charge in [-0.15, -0.1) is 0 Å². The third kappa shape index (κ3) is 4.92. The van der Waals surface area contributed by atoms with Crippen LogP contribution in [0.1, 0.15) is 17.5 Å². The molecular weight excluding hydrogens is 322 g/mol. The molecule has 0 bridgehead atoms. The predicted octanol–water partition coefficient (Wildman–Crippen LogP) is 2.38. The molecule has 0 saturated carbocycles. The molecule has 25 heavy (non-hydrogen) atoms. The molecule has 0 amide bonds. The van der Waals surface area contributed by atoms with Gasteiger partial charge in [-0.25, -0.2) is 0 Å². The highest BCUT2D eigenvalue weighted by Gasteiger charge is 2.28. The second-order valence-electron chi connectivity index (χ2n) is 5.49. The van der Waals surface area contributed by atoms with Gasteiger partial charge in [-0.1, -0.05) is 49.0 Å². The smallest absolute Gasteiger partial charge is 0.324 e. The van der Waals surface area contributed by atoms with Crippen molar-refractivity contribution >= 4 is 17.5 Å². The summed E-state index contributed by atoms with van der Waals surface area (Å²) in [6, 6.07) is 15.0. The molecule has 0 aromatic heterocycles. The molecule has 130 valence electrons. The van der Waals surface area contributed by atoms with Gasteiger partial charge in [0.1, 0.15) is 17.9 Å². The molecule has 2 atom stereocenters. The highest BCUT2D eigenvalue weighted by molar-refractivity contribution is 5.78. The first kappa shape index (κ1) is 18.2. The highest BCUT2D eigenvalue weighted by atomic mass is 16.5. The number of carbonyl (C=O) groups is 2. The minimum absolute atomic E-state index is 0.340. The lowest BCUT2D eigenvalue weighted by Gasteiger charge is -2.21. The van der Waals surface area contributed by atoms with Crippen molar-refractivity contribution in [2.75, 3.05) is 0 Å². The van der Waals surface area contributed by atoms with Gasteiger partial charge >= 0.3 is 11.9 Å². The number of nitrogens with two attached hydrogens (primary N) is 1. The minimum atomic E-state index is -1.44. The summed E-state index contributed by atoms with van der Waals surface area (Å²) in [6.07, 6.45) is -1.68. The molecular formula is C19H19NO5. The number of ether oxygens (including phenoxy) is 1. The van der Waals surface area contributed by atoms with E-state index in [1.54, 1.807) is 24.3 Å². The Balaban J connectivity index is 2.14. The molecule has 6 nitrogen and oxygen atoms in total. The summed E-state index contributed by atoms with van der Waals surface area (Å²) >= 11 is 0. The van der Waals surface area contributed by atoms with Crippen LogP contribution in [-0.2, 0) is 9.59 Å². The quantitative estimate of drug-likeness (QED) is 0.680. The largest absolute Gasteiger partial charge is 0.488 e. The zero-order valence-electron chi connectivity index (χ0n) is 13.5. The van der Waals surface area contributed by atoms with Crippen LogP contribution in [0, 0.1) is 0 Å². The summed E-state index contributed by atoms with van der Waals surface area (Å²) < 4.78 is 5.47. The minimum Gasteiger partial charge on any atom is -0.488 e. The Morgan fingerprint density at radius 1 is 1.00 bits per heavy atom. The van der Waals surface area contributed by atoms with Gasteiger partial charge in [0.05, 0.1) is 6.42 Å². The zero-order valence-corrected chi connectivity index (χ0v) is 13.5. The van der Waals surface area contributed by atoms with Crippen molar-refractivity contribution in [3.8, 4) is 5.75 Å². The van der Waals surface area contributed by atoms with E-state index in [2.05, 4.69) is 6.58 Å². The molecule has 2 rings (SSSR count). The molecule has 2 aromatic carbocycles. The predicted molar refractivity (Wildman–Crippen MR) is 93.3 cm³/mol. The van der Waals surface area contributed by atoms with Crippen LogP contribution in [-0.4, -0.2) is 34.3 Å². The Kier molecular flexibility index (Phi) is 5.92. The number of rotatable bonds is 8. The maximum atomic E-state index is 11.0. The molecule has 0 fully saturated rings. The number of hydrogen-bond donors (Lipinski definition) is 3. The molecule has 6 heteroatoms. The van der Waals surface area contributed by atoms with Crippen LogP contribution in [0.15, 0.2) is 61.2 Å². The van der Waals surface area contributed by atoms with E-state index in [0.29, 0.717) is 5.75 Å². The summed E-state index contributed by atoms with van der Waals surface area (Å²) in [5.41, 5.74) is 8.19. The number of carboxylic acid groups (broad SMARTS) is 2. The molecule has 2 aromatic rings. The Morgan fingerprint density at radius 3 is 2.08 bits per heavy atom. The summed E-state index contributed by atoms with van der Waals surface area (Å²) in [5, 5.41) is 17.9. The Bertz CT molecular complexity index is 755. The van der Waals surface area contributed by atoms with Crippen molar-refractivity contribution in [1.29, 1.82) is 0 Å². The van der Waals surface area contributed by atoms with E-state index in [1.165, 1.54) is 0 Å². The van der Waals surface area contributed by atoms with Crippen molar-refractivity contribution in [2.45, 2.75) is 18.6 Å². The Morgan fingerprint density at radius 2 is 1.56 bits per heavy atom. The van der Waals surface area contributed by atoms with E-state index in [0.717, 1.165) is 16.7 Å². The standard InChI is InChI=1S/C19H19NO5/c1-12(13-5-3-2-4-6-13)14-7-9-15(10-8-14)25-16(11-17(21)22)18(20)19(23)24/h2-10,16,18H,1,11,20H2,(H,21,22)(H,23,24). The number of aliphatic carboxylic acids is 2. The first-order chi connectivity index (χ1) is 11.9. The van der Waals surface area contributed by atoms with E-state index >= 15 is 0 Å². The zero-order chi connectivity index (χ0) is 18.4. The maximum absolute atomic E-state index is 11.0. The van der Waals surface area contributed by atoms with Gasteiger partial charge in [0.2, 0.25) is 0 Å². The van der Waals surface area contributed by atoms with E-state index in [9.17, 15) is 9.59 Å². The lowest BCUT2D eigenvalue weighted by molar-refractivity contribution is -0.143. The monoisotopic (exact) mass is 341 g/mol. The first-order valence-corrected chi connectivity index (χ1v) is 7.60. The van der Waals surface area contributed by atoms with Crippen LogP contribution in [0.3, 0.4) is 0 Å². The van der Waals surface area contributed by atoms with Gasteiger partial charge in [-0.05, 0) is 28.8 Å². The van der Waals surface area contributed by atoms with Crippen LogP contribution in [0.4, 0.5) is 0 Å². The van der Waals surface area contributed by atoms with Crippen molar-refractivity contribution in [3.05, 3.63) is 72.3 Å². The van der Waals surface area contributed by atoms with E-state index in [1.807, 2.05) is 30.3 Å². The third-order valence-electron chi connectivity index (χ3n) is 3.67. The maximum Gasteiger partial charge on any atom is 0.324 e. The summed E-state index contributed by atoms with van der Waals surface area (Å²) in [4.78, 5) is 21.9. The summed E-state index contributed by atoms with van der Waals surface area (Å²) in [5.74, 6) is -2.16. The SMILES string of the molecule is C=C(c1ccccc1)c1ccc(OC(CC(=O)O)C(N)C(=O)O)cc1. The molecule has 0 spiro atoms. The van der Waals surface area contributed by atoms with E-state index in [-0.39, 0.29) is 0 Å². The Labute approximate surface area is 145 Å². The van der Waals surface area contributed by atoms with Crippen molar-refractivity contribution < 1.29 is 24.5 Å². The lowest BCUT2D eigenvalue weighted by Crippen LogP contribution is -2.46. The van der Waals surface area contributed by atoms with Crippen molar-refractivity contribution in [1.82, 2.24) is 0 Å². The molecule has 0 saturated heterocycles. The molecule has 0 aliphatic carbocycles. The molecule has 2 unspecified atom stereocenters. The average Bonchev–Trinajstić information content (AvgIpc) is 2.61. The third-order valence-corrected chi connectivity index (χ3v) is 3.67. The number of benzene rings is 2. The fourth-order valence-electron chi connectivity index (χ4n) is 2.29. The van der Waals surface area contributed by atoms with Gasteiger partial charge < -0.3 is 20.7 Å². The second-order valence-corrected chi connectivity index (χ2v) is 5.49. The molecule has 0 aliphatic heterocycles. The number of hydrogen-bond acceptors (Lipinski definition) is 4. The van der Waals surface area contributed by atoms with Crippen molar-refractivity contribution in [3.63, 3.8) is 0 Å². The van der Waals surface area contributed by atoms with Gasteiger partial charge in [0.15, 0.2) is 0 Å². The van der Waals surface area contributed by atoms with E-state index < -0.39 is 30.5 Å². The van der Waals surface area contributed by atoms with Gasteiger partial charge in [0.25, 0.3) is 0 Å². The molecule has 0 heterocycles. The molecule has 0 aliphatic rings. The van der Waals surface area contributed by atoms with Gasteiger partial charge in [-0.2, -0.15) is 0 Å². The van der Waals surface area contributed by atoms with Crippen LogP contribution >= 0.6 is 0 Å². The second kappa shape index (κ2) is 8.12. The van der Waals surface area contributed by atoms with E-state index in [4.69, 9.17) is 20.7 Å². The summed E-state index contributed by atoms with van der Waals surface area (Å²) in [6.45, 7) is 4.06. The van der Waals surface area contributed by atoms with Gasteiger partial charge in [-0.3, -0.25) is 9.59 Å². The Hall–Kier alpha value is -3.12. The number of carboxylic acids is 2. The topological polar surface area (TPSA) is 110 Å². The first-order valence-electron chi connectivity index (χ1n) is 7.60. The van der Waals surface area contributed by atoms with Crippen LogP contribution in [0.5, 0.6) is 5.75 Å². The molecule has 0 radical (unpaired) electrons. The highest BCUT2D eigenvalue weighted by Crippen LogP contribution is 2.24. The molecule has 4 N–H and O–H groups in total. The summed E-state index contributed by atoms with van der Waals surface area (Å²) in [7, 11) is 0. The van der Waals surface area contributed by atoms with Gasteiger partial charge in [0, 0.05) is 0 Å². The fourth-order valence-corrected chi connectivity index (χ4v) is 2.29. The van der Waals surface area contributed by atoms with Crippen LogP contribution in [0.25, 0.3) is 5.57 Å². The lowest BCUT2D eigenvalue weighted by atomic mass is 10.00. The average molecular weight is 341 g/mol. The van der Waals surface area contributed by atoms with Crippen molar-refractivity contribution in [2.24, 2.45) is 5.73 Å². The fraction of sp³-hybridized carbons (Fsp3) is 0.158. The van der Waals surface area contributed by atoms with Crippen LogP contribution in [0.2, 0.25) is 0 Å². The normalized spacial score (nSPS) is 12.8. The van der Waals surface area contributed by atoms with Crippen LogP contribution < -0.4 is 10.5 Å².